The van der Waals surface area contributed by atoms with Crippen molar-refractivity contribution in [3.05, 3.63) is 76.4 Å². The molecule has 0 amide bonds. The van der Waals surface area contributed by atoms with E-state index in [9.17, 15) is 4.79 Å². The second-order valence-corrected chi connectivity index (χ2v) is 9.99. The van der Waals surface area contributed by atoms with Gasteiger partial charge in [-0.3, -0.25) is 9.69 Å². The molecule has 0 N–H and O–H groups in total. The van der Waals surface area contributed by atoms with Crippen LogP contribution in [0, 0.1) is 0 Å². The van der Waals surface area contributed by atoms with E-state index in [4.69, 9.17) is 9.47 Å². The van der Waals surface area contributed by atoms with Gasteiger partial charge in [-0.2, -0.15) is 0 Å². The Balaban J connectivity index is 1.54. The molecule has 4 heteroatoms. The van der Waals surface area contributed by atoms with Crippen molar-refractivity contribution in [1.29, 1.82) is 0 Å². The Morgan fingerprint density at radius 2 is 1.97 bits per heavy atom. The van der Waals surface area contributed by atoms with Gasteiger partial charge in [-0.25, -0.2) is 0 Å². The fourth-order valence-corrected chi connectivity index (χ4v) is 6.13. The summed E-state index contributed by atoms with van der Waals surface area (Å²) in [7, 11) is 0. The average Bonchev–Trinajstić information content (AvgIpc) is 3.27. The molecule has 2 heterocycles. The number of hydrogen-bond acceptors (Lipinski definition) is 4. The summed E-state index contributed by atoms with van der Waals surface area (Å²) in [6, 6.07) is 15.0. The van der Waals surface area contributed by atoms with E-state index in [-0.39, 0.29) is 23.9 Å². The smallest absolute Gasteiger partial charge is 0.313 e. The molecular formula is C30H37NO3. The summed E-state index contributed by atoms with van der Waals surface area (Å²) in [4.78, 5) is 16.1. The number of hydrogen-bond donors (Lipinski definition) is 0. The summed E-state index contributed by atoms with van der Waals surface area (Å²) in [6.45, 7) is 9.28. The van der Waals surface area contributed by atoms with Crippen molar-refractivity contribution < 1.29 is 14.3 Å². The lowest BCUT2D eigenvalue weighted by Crippen LogP contribution is -2.47. The van der Waals surface area contributed by atoms with Crippen LogP contribution in [-0.4, -0.2) is 42.7 Å². The molecule has 2 aromatic rings. The second kappa shape index (κ2) is 9.95. The maximum atomic E-state index is 13.5. The lowest BCUT2D eigenvalue weighted by Gasteiger charge is -2.42. The van der Waals surface area contributed by atoms with Crippen molar-refractivity contribution in [2.24, 2.45) is 0 Å². The first-order valence-electron chi connectivity index (χ1n) is 13.1. The van der Waals surface area contributed by atoms with Gasteiger partial charge in [0.25, 0.3) is 0 Å². The van der Waals surface area contributed by atoms with E-state index in [0.29, 0.717) is 6.04 Å². The third kappa shape index (κ3) is 4.29. The molecule has 2 aliphatic heterocycles. The maximum Gasteiger partial charge on any atom is 0.313 e. The summed E-state index contributed by atoms with van der Waals surface area (Å²) >= 11 is 0. The zero-order chi connectivity index (χ0) is 23.7. The van der Waals surface area contributed by atoms with Gasteiger partial charge < -0.3 is 9.47 Å². The van der Waals surface area contributed by atoms with E-state index in [0.717, 1.165) is 63.1 Å². The number of carbonyl (C=O) groups is 1. The van der Waals surface area contributed by atoms with Gasteiger partial charge in [0, 0.05) is 24.9 Å². The Bertz CT molecular complexity index is 1060. The molecule has 3 aliphatic rings. The number of esters is 1. The summed E-state index contributed by atoms with van der Waals surface area (Å²) in [5.41, 5.74) is 6.32. The van der Waals surface area contributed by atoms with Gasteiger partial charge in [-0.1, -0.05) is 56.3 Å². The highest BCUT2D eigenvalue weighted by Gasteiger charge is 2.43. The van der Waals surface area contributed by atoms with Crippen molar-refractivity contribution in [2.45, 2.75) is 76.9 Å². The molecule has 0 saturated carbocycles. The van der Waals surface area contributed by atoms with Crippen molar-refractivity contribution in [1.82, 2.24) is 4.90 Å². The monoisotopic (exact) mass is 459 g/mol. The fourth-order valence-electron chi connectivity index (χ4n) is 6.13. The summed E-state index contributed by atoms with van der Waals surface area (Å²) in [5.74, 6) is 0.726. The highest BCUT2D eigenvalue weighted by atomic mass is 16.5. The Hall–Kier alpha value is -2.59. The van der Waals surface area contributed by atoms with Crippen LogP contribution in [-0.2, 0) is 22.4 Å². The number of ether oxygens (including phenoxy) is 2. The molecule has 4 nitrogen and oxygen atoms in total. The summed E-state index contributed by atoms with van der Waals surface area (Å²) in [6.07, 6.45) is 7.17. The molecule has 0 aromatic heterocycles. The van der Waals surface area contributed by atoms with Crippen LogP contribution in [0.15, 0.2) is 54.1 Å². The fraction of sp³-hybridized carbons (Fsp3) is 0.500. The minimum absolute atomic E-state index is 0.130. The quantitative estimate of drug-likeness (QED) is 0.404. The normalized spacial score (nSPS) is 24.7. The van der Waals surface area contributed by atoms with Crippen molar-refractivity contribution in [2.75, 3.05) is 19.7 Å². The Morgan fingerprint density at radius 1 is 1.15 bits per heavy atom. The lowest BCUT2D eigenvalue weighted by molar-refractivity contribution is -0.151. The second-order valence-electron chi connectivity index (χ2n) is 9.99. The first-order valence-corrected chi connectivity index (χ1v) is 13.1. The predicted octanol–water partition coefficient (Wildman–Crippen LogP) is 5.80. The minimum atomic E-state index is -0.292. The third-order valence-corrected chi connectivity index (χ3v) is 7.99. The van der Waals surface area contributed by atoms with Crippen LogP contribution in [0.2, 0.25) is 0 Å². The molecule has 2 aromatic carbocycles. The maximum absolute atomic E-state index is 13.5. The van der Waals surface area contributed by atoms with Crippen LogP contribution < -0.4 is 4.74 Å². The SMILES string of the molecule is CCCN1CCc2cc3c(cc2C2C(OC(=O)C(C)c4ccccc4)C(CC)=CCC21)OCC3. The van der Waals surface area contributed by atoms with Gasteiger partial charge in [-0.05, 0) is 73.0 Å². The third-order valence-electron chi connectivity index (χ3n) is 7.99. The Kier molecular flexibility index (Phi) is 6.78. The van der Waals surface area contributed by atoms with Crippen molar-refractivity contribution >= 4 is 5.97 Å². The molecule has 1 aliphatic carbocycles. The molecule has 34 heavy (non-hydrogen) atoms. The highest BCUT2D eigenvalue weighted by molar-refractivity contribution is 5.78. The molecule has 180 valence electrons. The molecule has 5 rings (SSSR count). The number of rotatable bonds is 6. The largest absolute Gasteiger partial charge is 0.493 e. The van der Waals surface area contributed by atoms with E-state index in [1.54, 1.807) is 0 Å². The van der Waals surface area contributed by atoms with Crippen LogP contribution in [0.5, 0.6) is 5.75 Å². The standard InChI is InChI=1S/C30H37NO3/c1-4-15-31-16-13-23-18-24-14-17-33-27(24)19-25(23)28-26(31)12-11-21(5-2)29(28)34-30(32)20(3)22-9-7-6-8-10-22/h6-11,18-20,26,28-29H,4-5,12-17H2,1-3H3. The molecule has 4 unspecified atom stereocenters. The first kappa shape index (κ1) is 23.2. The van der Waals surface area contributed by atoms with E-state index in [1.807, 2.05) is 37.3 Å². The van der Waals surface area contributed by atoms with Crippen molar-refractivity contribution in [3.63, 3.8) is 0 Å². The minimum Gasteiger partial charge on any atom is -0.493 e. The van der Waals surface area contributed by atoms with Crippen LogP contribution >= 0.6 is 0 Å². The first-order chi connectivity index (χ1) is 16.6. The van der Waals surface area contributed by atoms with Gasteiger partial charge >= 0.3 is 5.97 Å². The van der Waals surface area contributed by atoms with Gasteiger partial charge in [0.15, 0.2) is 0 Å². The number of carbonyl (C=O) groups excluding carboxylic acids is 1. The molecule has 0 bridgehead atoms. The number of fused-ring (bicyclic) bond motifs is 4. The molecule has 4 atom stereocenters. The average molecular weight is 460 g/mol. The Labute approximate surface area is 203 Å². The van der Waals surface area contributed by atoms with Crippen LogP contribution in [0.3, 0.4) is 0 Å². The van der Waals surface area contributed by atoms with Gasteiger partial charge in [-0.15, -0.1) is 0 Å². The van der Waals surface area contributed by atoms with E-state index >= 15 is 0 Å². The molecule has 0 radical (unpaired) electrons. The van der Waals surface area contributed by atoms with E-state index in [2.05, 4.69) is 37.0 Å². The molecular weight excluding hydrogens is 422 g/mol. The number of benzene rings is 2. The predicted molar refractivity (Wildman–Crippen MR) is 135 cm³/mol. The Morgan fingerprint density at radius 3 is 2.74 bits per heavy atom. The van der Waals surface area contributed by atoms with Crippen LogP contribution in [0.1, 0.15) is 74.1 Å². The van der Waals surface area contributed by atoms with Crippen molar-refractivity contribution in [3.8, 4) is 5.75 Å². The number of nitrogens with zero attached hydrogens (tertiary/aromatic N) is 1. The van der Waals surface area contributed by atoms with Gasteiger partial charge in [0.1, 0.15) is 11.9 Å². The zero-order valence-corrected chi connectivity index (χ0v) is 20.8. The van der Waals surface area contributed by atoms with Gasteiger partial charge in [0.2, 0.25) is 0 Å². The molecule has 0 saturated heterocycles. The molecule has 0 spiro atoms. The van der Waals surface area contributed by atoms with E-state index in [1.165, 1.54) is 22.3 Å². The zero-order valence-electron chi connectivity index (χ0n) is 20.8. The lowest BCUT2D eigenvalue weighted by atomic mass is 9.75. The van der Waals surface area contributed by atoms with E-state index < -0.39 is 0 Å². The van der Waals surface area contributed by atoms with Crippen LogP contribution in [0.4, 0.5) is 0 Å². The van der Waals surface area contributed by atoms with Gasteiger partial charge in [0.05, 0.1) is 12.5 Å². The molecule has 0 fully saturated rings. The topological polar surface area (TPSA) is 38.8 Å². The highest BCUT2D eigenvalue weighted by Crippen LogP contribution is 2.45. The summed E-state index contributed by atoms with van der Waals surface area (Å²) in [5, 5.41) is 0. The summed E-state index contributed by atoms with van der Waals surface area (Å²) < 4.78 is 12.5. The van der Waals surface area contributed by atoms with Crippen LogP contribution in [0.25, 0.3) is 0 Å².